The number of carbonyl (C=O) groups excluding carboxylic acids is 1. The maximum Gasteiger partial charge on any atom is 0.586 e. The highest BCUT2D eigenvalue weighted by molar-refractivity contribution is 7.90. The van der Waals surface area contributed by atoms with E-state index in [1.54, 1.807) is 49.4 Å². The minimum atomic E-state index is -3.85. The Labute approximate surface area is 253 Å². The van der Waals surface area contributed by atoms with Crippen LogP contribution in [-0.4, -0.2) is 50.9 Å². The normalized spacial score (nSPS) is 13.8. The molecule has 1 aliphatic rings. The second-order valence-electron chi connectivity index (χ2n) is 10.1. The summed E-state index contributed by atoms with van der Waals surface area (Å²) >= 11 is 0. The number of aromatic nitrogens is 5. The zero-order valence-electron chi connectivity index (χ0n) is 23.3. The Morgan fingerprint density at radius 2 is 1.80 bits per heavy atom. The molecule has 0 fully saturated rings. The highest BCUT2D eigenvalue weighted by atomic mass is 32.2. The van der Waals surface area contributed by atoms with Crippen molar-refractivity contribution >= 4 is 43.6 Å². The largest absolute Gasteiger partial charge is 0.586 e. The molecule has 1 N–H and O–H groups in total. The number of halogens is 2. The molecule has 0 saturated carbocycles. The Kier molecular flexibility index (Phi) is 6.43. The van der Waals surface area contributed by atoms with Crippen LogP contribution in [0, 0.1) is 0 Å². The minimum absolute atomic E-state index is 0.0467. The molecule has 1 aliphatic heterocycles. The molecule has 3 aromatic heterocycles. The van der Waals surface area contributed by atoms with Crippen LogP contribution in [0.3, 0.4) is 0 Å². The second-order valence-corrected chi connectivity index (χ2v) is 11.9. The molecule has 0 radical (unpaired) electrons. The molecule has 6 aromatic rings. The SMILES string of the molecule is CCN(C(=O)Cn1nc(-c2ccc3c(ccn3S(=O)(=O)c3ccccc3)c2)c2[nH]cnc2c1=O)c1ccc2c(c1)OC(F)(F)O2. The van der Waals surface area contributed by atoms with Gasteiger partial charge in [0.25, 0.3) is 15.6 Å². The monoisotopic (exact) mass is 632 g/mol. The van der Waals surface area contributed by atoms with E-state index in [1.165, 1.54) is 51.7 Å². The molecule has 4 heterocycles. The van der Waals surface area contributed by atoms with E-state index in [-0.39, 0.29) is 34.1 Å². The number of rotatable bonds is 7. The standard InChI is InChI=1S/C30H22F2N6O6S/c1-2-36(20-9-11-23-24(15-20)44-30(31,32)43-23)25(39)16-37-29(40)28-27(33-17-34-28)26(35-37)19-8-10-22-18(14-19)12-13-38(22)45(41,42)21-6-4-3-5-7-21/h3-15,17H,2,16H2,1H3,(H,33,34). The predicted octanol–water partition coefficient (Wildman–Crippen LogP) is 4.35. The highest BCUT2D eigenvalue weighted by Crippen LogP contribution is 2.43. The van der Waals surface area contributed by atoms with Crippen molar-refractivity contribution in [2.75, 3.05) is 11.4 Å². The Bertz CT molecular complexity index is 2300. The molecule has 3 aromatic carbocycles. The van der Waals surface area contributed by atoms with E-state index >= 15 is 0 Å². The number of hydrogen-bond acceptors (Lipinski definition) is 8. The molecular weight excluding hydrogens is 610 g/mol. The summed E-state index contributed by atoms with van der Waals surface area (Å²) in [4.78, 5) is 35.3. The van der Waals surface area contributed by atoms with Crippen molar-refractivity contribution < 1.29 is 31.5 Å². The molecule has 45 heavy (non-hydrogen) atoms. The van der Waals surface area contributed by atoms with Crippen LogP contribution < -0.4 is 19.9 Å². The van der Waals surface area contributed by atoms with Gasteiger partial charge in [-0.2, -0.15) is 5.10 Å². The number of ether oxygens (including phenoxy) is 2. The quantitative estimate of drug-likeness (QED) is 0.274. The molecule has 7 rings (SSSR count). The van der Waals surface area contributed by atoms with Crippen LogP contribution in [0.5, 0.6) is 11.5 Å². The van der Waals surface area contributed by atoms with Crippen LogP contribution in [-0.2, 0) is 21.4 Å². The number of fused-ring (bicyclic) bond motifs is 3. The fourth-order valence-corrected chi connectivity index (χ4v) is 6.66. The number of hydrogen-bond donors (Lipinski definition) is 1. The van der Waals surface area contributed by atoms with Gasteiger partial charge in [-0.15, -0.1) is 8.78 Å². The van der Waals surface area contributed by atoms with Gasteiger partial charge < -0.3 is 19.4 Å². The third-order valence-electron chi connectivity index (χ3n) is 7.36. The number of aromatic amines is 1. The maximum atomic E-state index is 13.5. The highest BCUT2D eigenvalue weighted by Gasteiger charge is 2.43. The molecule has 0 spiro atoms. The summed E-state index contributed by atoms with van der Waals surface area (Å²) in [5.41, 5.74) is 1.31. The maximum absolute atomic E-state index is 13.5. The van der Waals surface area contributed by atoms with Gasteiger partial charge in [0.15, 0.2) is 17.0 Å². The average molecular weight is 633 g/mol. The van der Waals surface area contributed by atoms with Crippen LogP contribution in [0.25, 0.3) is 33.2 Å². The van der Waals surface area contributed by atoms with E-state index in [1.807, 2.05) is 0 Å². The van der Waals surface area contributed by atoms with Crippen molar-refractivity contribution in [2.45, 2.75) is 24.7 Å². The number of benzene rings is 3. The lowest BCUT2D eigenvalue weighted by molar-refractivity contribution is -0.286. The molecule has 228 valence electrons. The van der Waals surface area contributed by atoms with Crippen molar-refractivity contribution in [3.8, 4) is 22.8 Å². The summed E-state index contributed by atoms with van der Waals surface area (Å²) in [5, 5.41) is 5.09. The lowest BCUT2D eigenvalue weighted by Gasteiger charge is -2.21. The van der Waals surface area contributed by atoms with Crippen molar-refractivity contribution in [3.63, 3.8) is 0 Å². The van der Waals surface area contributed by atoms with Gasteiger partial charge in [0, 0.05) is 35.4 Å². The third kappa shape index (κ3) is 4.77. The van der Waals surface area contributed by atoms with Gasteiger partial charge in [0.2, 0.25) is 5.91 Å². The molecule has 12 nitrogen and oxygen atoms in total. The van der Waals surface area contributed by atoms with Crippen LogP contribution >= 0.6 is 0 Å². The fourth-order valence-electron chi connectivity index (χ4n) is 5.29. The Hall–Kier alpha value is -5.57. The Balaban J connectivity index is 1.24. The zero-order chi connectivity index (χ0) is 31.5. The molecule has 1 amide bonds. The summed E-state index contributed by atoms with van der Waals surface area (Å²) < 4.78 is 64.7. The number of anilines is 1. The van der Waals surface area contributed by atoms with E-state index in [9.17, 15) is 26.8 Å². The number of amides is 1. The van der Waals surface area contributed by atoms with Gasteiger partial charge in [0.1, 0.15) is 12.2 Å². The number of alkyl halides is 2. The number of nitrogens with one attached hydrogen (secondary N) is 1. The molecule has 0 saturated heterocycles. The van der Waals surface area contributed by atoms with Crippen LogP contribution in [0.4, 0.5) is 14.5 Å². The second kappa shape index (κ2) is 10.3. The Morgan fingerprint density at radius 1 is 1.02 bits per heavy atom. The van der Waals surface area contributed by atoms with Crippen molar-refractivity contribution in [2.24, 2.45) is 0 Å². The van der Waals surface area contributed by atoms with Gasteiger partial charge >= 0.3 is 6.29 Å². The number of nitrogens with zero attached hydrogens (tertiary/aromatic N) is 5. The van der Waals surface area contributed by atoms with Crippen LogP contribution in [0.15, 0.2) is 95.0 Å². The first-order chi connectivity index (χ1) is 21.6. The van der Waals surface area contributed by atoms with E-state index in [0.29, 0.717) is 27.7 Å². The predicted molar refractivity (Wildman–Crippen MR) is 159 cm³/mol. The number of H-pyrrole nitrogens is 1. The number of carbonyl (C=O) groups is 1. The first-order valence-electron chi connectivity index (χ1n) is 13.6. The topological polar surface area (TPSA) is 141 Å². The summed E-state index contributed by atoms with van der Waals surface area (Å²) in [6.45, 7) is 1.36. The van der Waals surface area contributed by atoms with E-state index in [0.717, 1.165) is 4.68 Å². The fraction of sp³-hybridized carbons (Fsp3) is 0.133. The first-order valence-corrected chi connectivity index (χ1v) is 15.1. The summed E-state index contributed by atoms with van der Waals surface area (Å²) in [7, 11) is -3.85. The van der Waals surface area contributed by atoms with E-state index < -0.39 is 34.3 Å². The third-order valence-corrected chi connectivity index (χ3v) is 9.06. The molecule has 0 bridgehead atoms. The van der Waals surface area contributed by atoms with Crippen molar-refractivity contribution in [1.82, 2.24) is 23.7 Å². The van der Waals surface area contributed by atoms with E-state index in [4.69, 9.17) is 0 Å². The lowest BCUT2D eigenvalue weighted by atomic mass is 10.1. The van der Waals surface area contributed by atoms with Gasteiger partial charge in [-0.05, 0) is 49.4 Å². The Morgan fingerprint density at radius 3 is 2.58 bits per heavy atom. The van der Waals surface area contributed by atoms with Crippen molar-refractivity contribution in [1.29, 1.82) is 0 Å². The molecule has 15 heteroatoms. The average Bonchev–Trinajstić information content (AvgIpc) is 3.75. The number of imidazole rings is 1. The molecule has 0 unspecified atom stereocenters. The lowest BCUT2D eigenvalue weighted by Crippen LogP contribution is -2.37. The van der Waals surface area contributed by atoms with Crippen molar-refractivity contribution in [3.05, 3.63) is 95.7 Å². The van der Waals surface area contributed by atoms with E-state index in [2.05, 4.69) is 24.5 Å². The molecule has 0 aliphatic carbocycles. The van der Waals surface area contributed by atoms with Crippen LogP contribution in [0.2, 0.25) is 0 Å². The summed E-state index contributed by atoms with van der Waals surface area (Å²) in [6, 6.07) is 18.7. The summed E-state index contributed by atoms with van der Waals surface area (Å²) in [6.07, 6.45) is -1.01. The smallest absolute Gasteiger partial charge is 0.395 e. The van der Waals surface area contributed by atoms with Gasteiger partial charge in [0.05, 0.1) is 22.3 Å². The van der Waals surface area contributed by atoms with Gasteiger partial charge in [-0.1, -0.05) is 24.3 Å². The van der Waals surface area contributed by atoms with Crippen LogP contribution in [0.1, 0.15) is 6.92 Å². The first kappa shape index (κ1) is 28.2. The summed E-state index contributed by atoms with van der Waals surface area (Å²) in [5.74, 6) is -0.930. The molecule has 0 atom stereocenters. The zero-order valence-corrected chi connectivity index (χ0v) is 24.2. The van der Waals surface area contributed by atoms with Gasteiger partial charge in [-0.25, -0.2) is 22.1 Å². The minimum Gasteiger partial charge on any atom is -0.395 e. The number of likely N-dealkylation sites (N-methyl/N-ethyl adjacent to an activating group) is 1. The molecular formula is C30H22F2N6O6S. The van der Waals surface area contributed by atoms with Gasteiger partial charge in [-0.3, -0.25) is 9.59 Å².